The van der Waals surface area contributed by atoms with E-state index in [1.54, 1.807) is 6.07 Å². The van der Waals surface area contributed by atoms with Crippen molar-refractivity contribution in [3.05, 3.63) is 36.0 Å². The number of nitrogens with zero attached hydrogens (tertiary/aromatic N) is 3. The van der Waals surface area contributed by atoms with Gasteiger partial charge in [0.15, 0.2) is 0 Å². The summed E-state index contributed by atoms with van der Waals surface area (Å²) in [5.74, 6) is 1.26. The van der Waals surface area contributed by atoms with E-state index >= 15 is 0 Å². The third kappa shape index (κ3) is 5.18. The first-order chi connectivity index (χ1) is 16.9. The molecule has 0 bridgehead atoms. The molecule has 0 aliphatic heterocycles. The van der Waals surface area contributed by atoms with Crippen molar-refractivity contribution in [1.29, 1.82) is 0 Å². The highest BCUT2D eigenvalue weighted by atomic mass is 32.2. The number of nitrogens with two attached hydrogens (primary N) is 1. The molecule has 0 saturated heterocycles. The second-order valence-corrected chi connectivity index (χ2v) is 11.4. The van der Waals surface area contributed by atoms with Crippen LogP contribution in [0.4, 0.5) is 11.8 Å². The molecule has 3 aromatic rings. The highest BCUT2D eigenvalue weighted by Gasteiger charge is 2.36. The Morgan fingerprint density at radius 1 is 1.09 bits per heavy atom. The smallest absolute Gasteiger partial charge is 0.236 e. The number of aryl methyl sites for hydroxylation is 1. The predicted molar refractivity (Wildman–Crippen MR) is 138 cm³/mol. The standard InChI is InChI=1S/C25H32N6O3S/c1-3-15-12-16(21-10-11-22(29-24(21)34-2)31-35(32,33)20-8-9-20)13-17-14-27-25(30-23(15)17)28-19-6-4-18(26)5-7-19/h10-14,18-20H,3-9,26H2,1-2H3,(H,29,31)(H,27,28,30). The molecule has 2 heterocycles. The maximum absolute atomic E-state index is 12.3. The second kappa shape index (κ2) is 9.58. The number of aromatic nitrogens is 3. The van der Waals surface area contributed by atoms with Crippen molar-refractivity contribution in [2.75, 3.05) is 17.1 Å². The van der Waals surface area contributed by atoms with E-state index in [1.165, 1.54) is 7.11 Å². The number of anilines is 2. The van der Waals surface area contributed by atoms with Crippen LogP contribution in [-0.2, 0) is 16.4 Å². The largest absolute Gasteiger partial charge is 0.480 e. The molecule has 2 fully saturated rings. The summed E-state index contributed by atoms with van der Waals surface area (Å²) < 4.78 is 32.7. The molecule has 0 unspecified atom stereocenters. The van der Waals surface area contributed by atoms with E-state index in [0.29, 0.717) is 36.8 Å². The number of hydrogen-bond donors (Lipinski definition) is 3. The Kier molecular flexibility index (Phi) is 6.50. The molecular formula is C25H32N6O3S. The average Bonchev–Trinajstić information content (AvgIpc) is 3.71. The Hall–Kier alpha value is -2.98. The SMILES string of the molecule is CCc1cc(-c2ccc(NS(=O)(=O)C3CC3)nc2OC)cc2cnc(NC3CCC(N)CC3)nc12. The lowest BCUT2D eigenvalue weighted by Gasteiger charge is -2.26. The van der Waals surface area contributed by atoms with E-state index in [0.717, 1.165) is 59.7 Å². The van der Waals surface area contributed by atoms with Gasteiger partial charge in [-0.2, -0.15) is 4.98 Å². The molecule has 2 saturated carbocycles. The van der Waals surface area contributed by atoms with Crippen LogP contribution < -0.4 is 20.5 Å². The molecule has 1 aromatic carbocycles. The summed E-state index contributed by atoms with van der Waals surface area (Å²) in [4.78, 5) is 13.8. The highest BCUT2D eigenvalue weighted by Crippen LogP contribution is 2.35. The van der Waals surface area contributed by atoms with Crippen LogP contribution in [0.5, 0.6) is 5.88 Å². The van der Waals surface area contributed by atoms with Gasteiger partial charge in [0, 0.05) is 29.2 Å². The number of ether oxygens (including phenoxy) is 1. The van der Waals surface area contributed by atoms with Gasteiger partial charge >= 0.3 is 0 Å². The lowest BCUT2D eigenvalue weighted by atomic mass is 9.92. The van der Waals surface area contributed by atoms with Crippen molar-refractivity contribution in [3.8, 4) is 17.0 Å². The summed E-state index contributed by atoms with van der Waals surface area (Å²) >= 11 is 0. The molecule has 0 atom stereocenters. The van der Waals surface area contributed by atoms with E-state index in [2.05, 4.69) is 33.0 Å². The number of nitrogens with one attached hydrogen (secondary N) is 2. The first kappa shape index (κ1) is 23.7. The van der Waals surface area contributed by atoms with Crippen LogP contribution in [0.1, 0.15) is 51.0 Å². The minimum Gasteiger partial charge on any atom is -0.480 e. The van der Waals surface area contributed by atoms with E-state index in [4.69, 9.17) is 15.5 Å². The highest BCUT2D eigenvalue weighted by molar-refractivity contribution is 7.93. The van der Waals surface area contributed by atoms with Crippen LogP contribution in [0.2, 0.25) is 0 Å². The Labute approximate surface area is 206 Å². The molecule has 2 aromatic heterocycles. The van der Waals surface area contributed by atoms with Gasteiger partial charge in [-0.3, -0.25) is 4.72 Å². The Morgan fingerprint density at radius 3 is 2.54 bits per heavy atom. The maximum Gasteiger partial charge on any atom is 0.236 e. The van der Waals surface area contributed by atoms with Crippen LogP contribution in [0.25, 0.3) is 22.0 Å². The fourth-order valence-electron chi connectivity index (χ4n) is 4.64. The van der Waals surface area contributed by atoms with Gasteiger partial charge in [-0.25, -0.2) is 18.4 Å². The summed E-state index contributed by atoms with van der Waals surface area (Å²) in [5, 5.41) is 4.09. The van der Waals surface area contributed by atoms with Crippen molar-refractivity contribution in [2.24, 2.45) is 5.73 Å². The number of sulfonamides is 1. The van der Waals surface area contributed by atoms with Gasteiger partial charge in [-0.15, -0.1) is 0 Å². The first-order valence-corrected chi connectivity index (χ1v) is 13.8. The van der Waals surface area contributed by atoms with Gasteiger partial charge in [-0.1, -0.05) is 6.92 Å². The van der Waals surface area contributed by atoms with E-state index in [1.807, 2.05) is 18.3 Å². The minimum atomic E-state index is -3.40. The molecule has 10 heteroatoms. The zero-order chi connectivity index (χ0) is 24.6. The molecule has 0 spiro atoms. The zero-order valence-corrected chi connectivity index (χ0v) is 20.9. The van der Waals surface area contributed by atoms with Gasteiger partial charge < -0.3 is 15.8 Å². The number of fused-ring (bicyclic) bond motifs is 1. The van der Waals surface area contributed by atoms with Crippen LogP contribution in [0, 0.1) is 0 Å². The predicted octanol–water partition coefficient (Wildman–Crippen LogP) is 3.85. The summed E-state index contributed by atoms with van der Waals surface area (Å²) in [5.41, 5.74) is 9.74. The molecule has 0 radical (unpaired) electrons. The van der Waals surface area contributed by atoms with Gasteiger partial charge in [-0.05, 0) is 80.3 Å². The van der Waals surface area contributed by atoms with Gasteiger partial charge in [0.1, 0.15) is 5.82 Å². The Balaban J connectivity index is 1.44. The molecule has 2 aliphatic rings. The third-order valence-corrected chi connectivity index (χ3v) is 8.67. The monoisotopic (exact) mass is 496 g/mol. The van der Waals surface area contributed by atoms with Crippen LogP contribution in [0.15, 0.2) is 30.5 Å². The van der Waals surface area contributed by atoms with E-state index < -0.39 is 10.0 Å². The Morgan fingerprint density at radius 2 is 1.86 bits per heavy atom. The maximum atomic E-state index is 12.3. The van der Waals surface area contributed by atoms with E-state index in [9.17, 15) is 8.42 Å². The topological polar surface area (TPSA) is 132 Å². The summed E-state index contributed by atoms with van der Waals surface area (Å²) in [6.07, 6.45) is 8.12. The third-order valence-electron chi connectivity index (χ3n) is 6.82. The second-order valence-electron chi connectivity index (χ2n) is 9.48. The van der Waals surface area contributed by atoms with Crippen molar-refractivity contribution in [1.82, 2.24) is 15.0 Å². The van der Waals surface area contributed by atoms with Crippen molar-refractivity contribution in [3.63, 3.8) is 0 Å². The number of rotatable bonds is 8. The van der Waals surface area contributed by atoms with Gasteiger partial charge in [0.2, 0.25) is 21.9 Å². The van der Waals surface area contributed by atoms with Crippen molar-refractivity contribution in [2.45, 2.75) is 69.2 Å². The van der Waals surface area contributed by atoms with E-state index in [-0.39, 0.29) is 11.1 Å². The fraction of sp³-hybridized carbons (Fsp3) is 0.480. The Bertz CT molecular complexity index is 1330. The molecular weight excluding hydrogens is 464 g/mol. The summed E-state index contributed by atoms with van der Waals surface area (Å²) in [6, 6.07) is 8.27. The van der Waals surface area contributed by atoms with Crippen LogP contribution in [0.3, 0.4) is 0 Å². The lowest BCUT2D eigenvalue weighted by molar-refractivity contribution is 0.400. The normalized spacial score (nSPS) is 20.5. The number of benzene rings is 1. The molecule has 9 nitrogen and oxygen atoms in total. The number of methoxy groups -OCH3 is 1. The number of hydrogen-bond acceptors (Lipinski definition) is 8. The molecule has 2 aliphatic carbocycles. The first-order valence-electron chi connectivity index (χ1n) is 12.2. The van der Waals surface area contributed by atoms with Crippen molar-refractivity contribution >= 4 is 32.7 Å². The van der Waals surface area contributed by atoms with Crippen LogP contribution in [-0.4, -0.2) is 47.8 Å². The fourth-order valence-corrected chi connectivity index (χ4v) is 5.97. The molecule has 4 N–H and O–H groups in total. The zero-order valence-electron chi connectivity index (χ0n) is 20.1. The molecule has 186 valence electrons. The van der Waals surface area contributed by atoms with Crippen molar-refractivity contribution < 1.29 is 13.2 Å². The van der Waals surface area contributed by atoms with Gasteiger partial charge in [0.05, 0.1) is 17.9 Å². The van der Waals surface area contributed by atoms with Crippen LogP contribution >= 0.6 is 0 Å². The molecule has 5 rings (SSSR count). The quantitative estimate of drug-likeness (QED) is 0.428. The summed E-state index contributed by atoms with van der Waals surface area (Å²) in [7, 11) is -1.86. The average molecular weight is 497 g/mol. The summed E-state index contributed by atoms with van der Waals surface area (Å²) in [6.45, 7) is 2.10. The minimum absolute atomic E-state index is 0.261. The lowest BCUT2D eigenvalue weighted by Crippen LogP contribution is -2.33. The number of pyridine rings is 1. The molecule has 35 heavy (non-hydrogen) atoms. The van der Waals surface area contributed by atoms with Gasteiger partial charge in [0.25, 0.3) is 0 Å². The molecule has 0 amide bonds.